The largest absolute Gasteiger partial charge is 0.368 e. The molecular formula is C12H19N3O2. The molecular weight excluding hydrogens is 218 g/mol. The molecule has 0 radical (unpaired) electrons. The van der Waals surface area contributed by atoms with Gasteiger partial charge in [0.25, 0.3) is 0 Å². The number of carbonyl (C=O) groups is 1. The predicted octanol–water partition coefficient (Wildman–Crippen LogP) is 1.01. The van der Waals surface area contributed by atoms with Gasteiger partial charge in [-0.05, 0) is 26.7 Å². The van der Waals surface area contributed by atoms with E-state index in [2.05, 4.69) is 17.3 Å². The van der Waals surface area contributed by atoms with Gasteiger partial charge >= 0.3 is 0 Å². The van der Waals surface area contributed by atoms with Crippen molar-refractivity contribution in [3.8, 4) is 0 Å². The van der Waals surface area contributed by atoms with Gasteiger partial charge in [-0.25, -0.2) is 0 Å². The van der Waals surface area contributed by atoms with Gasteiger partial charge in [0.05, 0.1) is 6.20 Å². The van der Waals surface area contributed by atoms with Crippen LogP contribution in [0.5, 0.6) is 0 Å². The zero-order chi connectivity index (χ0) is 12.3. The minimum Gasteiger partial charge on any atom is -0.368 e. The van der Waals surface area contributed by atoms with Crippen LogP contribution in [0.4, 0.5) is 0 Å². The Balaban J connectivity index is 1.88. The van der Waals surface area contributed by atoms with Gasteiger partial charge in [-0.2, -0.15) is 5.10 Å². The van der Waals surface area contributed by atoms with Crippen molar-refractivity contribution in [3.05, 3.63) is 17.5 Å². The number of aromatic nitrogens is 2. The number of hydrogen-bond donors (Lipinski definition) is 1. The highest BCUT2D eigenvalue weighted by Crippen LogP contribution is 2.12. The van der Waals surface area contributed by atoms with Crippen molar-refractivity contribution < 1.29 is 9.53 Å². The zero-order valence-electron chi connectivity index (χ0n) is 10.4. The highest BCUT2D eigenvalue weighted by atomic mass is 16.5. The fraction of sp³-hybridized carbons (Fsp3) is 0.667. The first-order valence-electron chi connectivity index (χ1n) is 6.13. The van der Waals surface area contributed by atoms with E-state index in [1.54, 1.807) is 0 Å². The molecule has 2 rings (SSSR count). The van der Waals surface area contributed by atoms with E-state index in [-0.39, 0.29) is 12.0 Å². The van der Waals surface area contributed by atoms with Gasteiger partial charge in [-0.1, -0.05) is 0 Å². The van der Waals surface area contributed by atoms with Crippen LogP contribution in [0.15, 0.2) is 6.20 Å². The second kappa shape index (κ2) is 5.31. The summed E-state index contributed by atoms with van der Waals surface area (Å²) in [5, 5.41) is 7.15. The first-order valence-corrected chi connectivity index (χ1v) is 6.13. The van der Waals surface area contributed by atoms with Gasteiger partial charge < -0.3 is 10.1 Å². The third-order valence-corrected chi connectivity index (χ3v) is 3.18. The Hall–Kier alpha value is -1.36. The number of rotatable bonds is 4. The van der Waals surface area contributed by atoms with E-state index in [0.717, 1.165) is 30.6 Å². The maximum absolute atomic E-state index is 11.7. The summed E-state index contributed by atoms with van der Waals surface area (Å²) in [6.07, 6.45) is 3.37. The van der Waals surface area contributed by atoms with Gasteiger partial charge in [-0.3, -0.25) is 9.48 Å². The standard InChI is InChI=1S/C12H19N3O2/c1-3-15-9(2)10(8-14-15)7-13-12(16)11-5-4-6-17-11/h8,11H,3-7H2,1-2H3,(H,13,16)/t11-/m1/s1. The smallest absolute Gasteiger partial charge is 0.249 e. The van der Waals surface area contributed by atoms with Crippen molar-refractivity contribution >= 4 is 5.91 Å². The number of ether oxygens (including phenoxy) is 1. The van der Waals surface area contributed by atoms with Crippen LogP contribution in [0.25, 0.3) is 0 Å². The summed E-state index contributed by atoms with van der Waals surface area (Å²) < 4.78 is 7.25. The van der Waals surface area contributed by atoms with E-state index < -0.39 is 0 Å². The van der Waals surface area contributed by atoms with Crippen LogP contribution in [0.1, 0.15) is 31.0 Å². The van der Waals surface area contributed by atoms with E-state index in [1.165, 1.54) is 0 Å². The van der Waals surface area contributed by atoms with Crippen LogP contribution in [-0.2, 0) is 22.6 Å². The minimum absolute atomic E-state index is 0.00820. The maximum Gasteiger partial charge on any atom is 0.249 e. The third kappa shape index (κ3) is 2.66. The molecule has 1 aliphatic heterocycles. The van der Waals surface area contributed by atoms with Crippen LogP contribution < -0.4 is 5.32 Å². The van der Waals surface area contributed by atoms with Crippen molar-refractivity contribution in [2.75, 3.05) is 6.61 Å². The Morgan fingerprint density at radius 2 is 2.53 bits per heavy atom. The fourth-order valence-corrected chi connectivity index (χ4v) is 2.06. The summed E-state index contributed by atoms with van der Waals surface area (Å²) in [4.78, 5) is 11.7. The van der Waals surface area contributed by atoms with Crippen LogP contribution in [0.3, 0.4) is 0 Å². The molecule has 5 nitrogen and oxygen atoms in total. The second-order valence-electron chi connectivity index (χ2n) is 4.29. The van der Waals surface area contributed by atoms with E-state index in [4.69, 9.17) is 4.74 Å². The topological polar surface area (TPSA) is 56.2 Å². The number of nitrogens with zero attached hydrogens (tertiary/aromatic N) is 2. The fourth-order valence-electron chi connectivity index (χ4n) is 2.06. The molecule has 0 spiro atoms. The maximum atomic E-state index is 11.7. The normalized spacial score (nSPS) is 19.5. The summed E-state index contributed by atoms with van der Waals surface area (Å²) >= 11 is 0. The molecule has 1 aliphatic rings. The Morgan fingerprint density at radius 1 is 1.71 bits per heavy atom. The first-order chi connectivity index (χ1) is 8.22. The molecule has 0 saturated carbocycles. The predicted molar refractivity (Wildman–Crippen MR) is 63.5 cm³/mol. The molecule has 1 aromatic rings. The number of aryl methyl sites for hydroxylation is 1. The van der Waals surface area contributed by atoms with Crippen LogP contribution in [0.2, 0.25) is 0 Å². The van der Waals surface area contributed by atoms with Crippen LogP contribution >= 0.6 is 0 Å². The molecule has 94 valence electrons. The molecule has 0 aromatic carbocycles. The van der Waals surface area contributed by atoms with Crippen molar-refractivity contribution in [2.45, 2.75) is 45.9 Å². The highest BCUT2D eigenvalue weighted by molar-refractivity contribution is 5.80. The van der Waals surface area contributed by atoms with Crippen molar-refractivity contribution in [2.24, 2.45) is 0 Å². The van der Waals surface area contributed by atoms with E-state index in [9.17, 15) is 4.79 Å². The number of carbonyl (C=O) groups excluding carboxylic acids is 1. The SMILES string of the molecule is CCn1ncc(CNC(=O)[C@H]2CCCO2)c1C. The Morgan fingerprint density at radius 3 is 3.12 bits per heavy atom. The van der Waals surface area contributed by atoms with Gasteiger partial charge in [0, 0.05) is 31.0 Å². The summed E-state index contributed by atoms with van der Waals surface area (Å²) in [6, 6.07) is 0. The Bertz CT molecular complexity index is 394. The quantitative estimate of drug-likeness (QED) is 0.850. The monoisotopic (exact) mass is 237 g/mol. The summed E-state index contributed by atoms with van der Waals surface area (Å²) in [5.74, 6) is -0.00820. The van der Waals surface area contributed by atoms with E-state index in [0.29, 0.717) is 13.2 Å². The van der Waals surface area contributed by atoms with E-state index >= 15 is 0 Å². The molecule has 1 fully saturated rings. The lowest BCUT2D eigenvalue weighted by molar-refractivity contribution is -0.130. The third-order valence-electron chi connectivity index (χ3n) is 3.18. The second-order valence-corrected chi connectivity index (χ2v) is 4.29. The van der Waals surface area contributed by atoms with Gasteiger partial charge in [0.2, 0.25) is 5.91 Å². The average Bonchev–Trinajstić information content (AvgIpc) is 2.96. The molecule has 0 bridgehead atoms. The lowest BCUT2D eigenvalue weighted by Crippen LogP contribution is -2.33. The molecule has 2 heterocycles. The zero-order valence-corrected chi connectivity index (χ0v) is 10.4. The molecule has 1 atom stereocenters. The van der Waals surface area contributed by atoms with Gasteiger partial charge in [0.15, 0.2) is 0 Å². The molecule has 1 saturated heterocycles. The minimum atomic E-state index is -0.253. The Kier molecular flexibility index (Phi) is 3.78. The number of hydrogen-bond acceptors (Lipinski definition) is 3. The van der Waals surface area contributed by atoms with E-state index in [1.807, 2.05) is 17.8 Å². The van der Waals surface area contributed by atoms with Gasteiger partial charge in [-0.15, -0.1) is 0 Å². The molecule has 1 aromatic heterocycles. The molecule has 1 amide bonds. The summed E-state index contributed by atoms with van der Waals surface area (Å²) in [5.41, 5.74) is 2.18. The molecule has 0 aliphatic carbocycles. The highest BCUT2D eigenvalue weighted by Gasteiger charge is 2.23. The van der Waals surface area contributed by atoms with Crippen molar-refractivity contribution in [1.29, 1.82) is 0 Å². The van der Waals surface area contributed by atoms with Crippen molar-refractivity contribution in [1.82, 2.24) is 15.1 Å². The number of nitrogens with one attached hydrogen (secondary N) is 1. The molecule has 17 heavy (non-hydrogen) atoms. The molecule has 0 unspecified atom stereocenters. The lowest BCUT2D eigenvalue weighted by atomic mass is 10.2. The average molecular weight is 237 g/mol. The summed E-state index contributed by atoms with van der Waals surface area (Å²) in [6.45, 7) is 6.15. The molecule has 5 heteroatoms. The van der Waals surface area contributed by atoms with Crippen LogP contribution in [-0.4, -0.2) is 28.4 Å². The molecule has 1 N–H and O–H groups in total. The van der Waals surface area contributed by atoms with Gasteiger partial charge in [0.1, 0.15) is 6.10 Å². The number of amides is 1. The summed E-state index contributed by atoms with van der Waals surface area (Å²) in [7, 11) is 0. The first kappa shape index (κ1) is 12.1. The lowest BCUT2D eigenvalue weighted by Gasteiger charge is -2.10. The Labute approximate surface area is 101 Å². The van der Waals surface area contributed by atoms with Crippen molar-refractivity contribution in [3.63, 3.8) is 0 Å². The van der Waals surface area contributed by atoms with Crippen LogP contribution in [0, 0.1) is 6.92 Å².